The minimum Gasteiger partial charge on any atom is -0.378 e. The zero-order valence-electron chi connectivity index (χ0n) is 13.9. The molecule has 6 nitrogen and oxygen atoms in total. The molecule has 1 heterocycles. The molecule has 1 aromatic rings. The lowest BCUT2D eigenvalue weighted by Crippen LogP contribution is -2.52. The summed E-state index contributed by atoms with van der Waals surface area (Å²) in [5.74, 6) is -0.634. The summed E-state index contributed by atoms with van der Waals surface area (Å²) >= 11 is 0. The van der Waals surface area contributed by atoms with Gasteiger partial charge in [-0.05, 0) is 36.6 Å². The Bertz CT molecular complexity index is 655. The van der Waals surface area contributed by atoms with Gasteiger partial charge in [0.15, 0.2) is 0 Å². The Kier molecular flexibility index (Phi) is 6.31. The number of carbonyl (C=O) groups is 1. The number of hydrogen-bond donors (Lipinski definition) is 1. The van der Waals surface area contributed by atoms with E-state index in [0.717, 1.165) is 12.1 Å². The number of hydrogen-bond acceptors (Lipinski definition) is 4. The highest BCUT2D eigenvalue weighted by Gasteiger charge is 2.30. The van der Waals surface area contributed by atoms with Gasteiger partial charge in [-0.15, -0.1) is 0 Å². The predicted octanol–water partition coefficient (Wildman–Crippen LogP) is 1.38. The summed E-state index contributed by atoms with van der Waals surface area (Å²) in [6.45, 7) is 5.64. The van der Waals surface area contributed by atoms with Crippen LogP contribution < -0.4 is 4.72 Å². The maximum Gasteiger partial charge on any atom is 0.241 e. The number of benzene rings is 1. The first-order chi connectivity index (χ1) is 11.3. The van der Waals surface area contributed by atoms with Crippen molar-refractivity contribution >= 4 is 15.9 Å². The van der Waals surface area contributed by atoms with Crippen LogP contribution in [0.4, 0.5) is 4.39 Å². The summed E-state index contributed by atoms with van der Waals surface area (Å²) < 4.78 is 45.7. The number of halogens is 1. The largest absolute Gasteiger partial charge is 0.378 e. The van der Waals surface area contributed by atoms with Gasteiger partial charge in [-0.1, -0.05) is 13.8 Å². The molecule has 2 rings (SSSR count). The second-order valence-electron chi connectivity index (χ2n) is 6.20. The number of morpholine rings is 1. The van der Waals surface area contributed by atoms with Crippen LogP contribution in [-0.4, -0.2) is 51.6 Å². The topological polar surface area (TPSA) is 75.7 Å². The van der Waals surface area contributed by atoms with Gasteiger partial charge in [-0.2, -0.15) is 4.72 Å². The number of rotatable bonds is 6. The molecular weight excluding hydrogens is 335 g/mol. The van der Waals surface area contributed by atoms with Crippen LogP contribution in [0, 0.1) is 11.7 Å². The summed E-state index contributed by atoms with van der Waals surface area (Å²) in [4.78, 5) is 14.2. The van der Waals surface area contributed by atoms with Gasteiger partial charge in [0, 0.05) is 13.1 Å². The molecule has 0 unspecified atom stereocenters. The maximum absolute atomic E-state index is 13.0. The van der Waals surface area contributed by atoms with Crippen LogP contribution in [0.3, 0.4) is 0 Å². The molecule has 1 amide bonds. The molecule has 1 fully saturated rings. The van der Waals surface area contributed by atoms with E-state index < -0.39 is 21.9 Å². The number of nitrogens with zero attached hydrogens (tertiary/aromatic N) is 1. The van der Waals surface area contributed by atoms with Gasteiger partial charge in [0.05, 0.1) is 18.1 Å². The van der Waals surface area contributed by atoms with Crippen molar-refractivity contribution in [2.24, 2.45) is 5.92 Å². The standard InChI is InChI=1S/C16H23FN2O4S/c1-12(2)11-15(16(20)19-7-9-23-10-8-19)18-24(21,22)14-5-3-13(17)4-6-14/h3-6,12,15,18H,7-11H2,1-2H3/t15-/m1/s1. The van der Waals surface area contributed by atoms with Gasteiger partial charge in [0.1, 0.15) is 11.9 Å². The quantitative estimate of drug-likeness (QED) is 0.834. The van der Waals surface area contributed by atoms with Crippen molar-refractivity contribution in [2.45, 2.75) is 31.2 Å². The Hall–Kier alpha value is -1.51. The van der Waals surface area contributed by atoms with Crippen LogP contribution >= 0.6 is 0 Å². The molecule has 1 aliphatic rings. The van der Waals surface area contributed by atoms with E-state index in [4.69, 9.17) is 4.74 Å². The highest BCUT2D eigenvalue weighted by atomic mass is 32.2. The van der Waals surface area contributed by atoms with Crippen LogP contribution in [0.15, 0.2) is 29.2 Å². The lowest BCUT2D eigenvalue weighted by Gasteiger charge is -2.31. The number of sulfonamides is 1. The third-order valence-electron chi connectivity index (χ3n) is 3.75. The lowest BCUT2D eigenvalue weighted by atomic mass is 10.0. The monoisotopic (exact) mass is 358 g/mol. The molecule has 134 valence electrons. The summed E-state index contributed by atoms with van der Waals surface area (Å²) in [6, 6.07) is 3.68. The smallest absolute Gasteiger partial charge is 0.241 e. The molecule has 0 bridgehead atoms. The van der Waals surface area contributed by atoms with Gasteiger partial charge in [-0.3, -0.25) is 4.79 Å². The lowest BCUT2D eigenvalue weighted by molar-refractivity contribution is -0.137. The second-order valence-corrected chi connectivity index (χ2v) is 7.91. The van der Waals surface area contributed by atoms with E-state index in [9.17, 15) is 17.6 Å². The number of amides is 1. The molecule has 1 aromatic carbocycles. The summed E-state index contributed by atoms with van der Waals surface area (Å²) in [6.07, 6.45) is 0.386. The Morgan fingerprint density at radius 1 is 1.25 bits per heavy atom. The van der Waals surface area contributed by atoms with E-state index in [1.807, 2.05) is 13.8 Å². The van der Waals surface area contributed by atoms with Crippen molar-refractivity contribution in [2.75, 3.05) is 26.3 Å². The number of carbonyl (C=O) groups excluding carboxylic acids is 1. The van der Waals surface area contributed by atoms with E-state index >= 15 is 0 Å². The summed E-state index contributed by atoms with van der Waals surface area (Å²) in [5, 5.41) is 0. The minimum absolute atomic E-state index is 0.0626. The Morgan fingerprint density at radius 3 is 2.38 bits per heavy atom. The van der Waals surface area contributed by atoms with Crippen molar-refractivity contribution in [1.82, 2.24) is 9.62 Å². The van der Waals surface area contributed by atoms with Crippen molar-refractivity contribution in [3.63, 3.8) is 0 Å². The van der Waals surface area contributed by atoms with Crippen molar-refractivity contribution in [1.29, 1.82) is 0 Å². The molecule has 0 radical (unpaired) electrons. The SMILES string of the molecule is CC(C)C[C@@H](NS(=O)(=O)c1ccc(F)cc1)C(=O)N1CCOCC1. The fraction of sp³-hybridized carbons (Fsp3) is 0.562. The highest BCUT2D eigenvalue weighted by Crippen LogP contribution is 2.15. The van der Waals surface area contributed by atoms with Crippen molar-refractivity contribution in [3.8, 4) is 0 Å². The van der Waals surface area contributed by atoms with Gasteiger partial charge in [-0.25, -0.2) is 12.8 Å². The van der Waals surface area contributed by atoms with E-state index in [1.165, 1.54) is 12.1 Å². The first-order valence-corrected chi connectivity index (χ1v) is 9.42. The molecule has 0 spiro atoms. The molecule has 1 aliphatic heterocycles. The van der Waals surface area contributed by atoms with Gasteiger partial charge in [0.25, 0.3) is 0 Å². The van der Waals surface area contributed by atoms with E-state index in [0.29, 0.717) is 32.7 Å². The highest BCUT2D eigenvalue weighted by molar-refractivity contribution is 7.89. The van der Waals surface area contributed by atoms with Crippen molar-refractivity contribution in [3.05, 3.63) is 30.1 Å². The first kappa shape index (κ1) is 18.8. The zero-order valence-corrected chi connectivity index (χ0v) is 14.7. The molecule has 1 N–H and O–H groups in total. The third-order valence-corrected chi connectivity index (χ3v) is 5.24. The average molecular weight is 358 g/mol. The van der Waals surface area contributed by atoms with Gasteiger partial charge < -0.3 is 9.64 Å². The molecule has 1 atom stereocenters. The molecule has 0 aliphatic carbocycles. The van der Waals surface area contributed by atoms with Crippen LogP contribution in [0.2, 0.25) is 0 Å². The molecule has 0 aromatic heterocycles. The normalized spacial score (nSPS) is 17.1. The number of nitrogens with one attached hydrogen (secondary N) is 1. The average Bonchev–Trinajstić information content (AvgIpc) is 2.54. The van der Waals surface area contributed by atoms with E-state index in [2.05, 4.69) is 4.72 Å². The fourth-order valence-electron chi connectivity index (χ4n) is 2.54. The third kappa shape index (κ3) is 4.99. The number of ether oxygens (including phenoxy) is 1. The molecule has 8 heteroatoms. The Balaban J connectivity index is 2.17. The fourth-order valence-corrected chi connectivity index (χ4v) is 3.75. The predicted molar refractivity (Wildman–Crippen MR) is 87.4 cm³/mol. The minimum atomic E-state index is -3.90. The van der Waals surface area contributed by atoms with E-state index in [-0.39, 0.29) is 16.7 Å². The second kappa shape index (κ2) is 8.04. The van der Waals surface area contributed by atoms with Crippen LogP contribution in [0.1, 0.15) is 20.3 Å². The molecule has 24 heavy (non-hydrogen) atoms. The van der Waals surface area contributed by atoms with Gasteiger partial charge in [0.2, 0.25) is 15.9 Å². The van der Waals surface area contributed by atoms with Crippen LogP contribution in [0.25, 0.3) is 0 Å². The van der Waals surface area contributed by atoms with Crippen LogP contribution in [-0.2, 0) is 19.6 Å². The Morgan fingerprint density at radius 2 is 1.83 bits per heavy atom. The molecule has 1 saturated heterocycles. The maximum atomic E-state index is 13.0. The first-order valence-electron chi connectivity index (χ1n) is 7.94. The molecule has 0 saturated carbocycles. The summed E-state index contributed by atoms with van der Waals surface area (Å²) in [5.41, 5.74) is 0. The Labute approximate surface area is 142 Å². The molecular formula is C16H23FN2O4S. The zero-order chi connectivity index (χ0) is 17.7. The van der Waals surface area contributed by atoms with E-state index in [1.54, 1.807) is 4.90 Å². The summed E-state index contributed by atoms with van der Waals surface area (Å²) in [7, 11) is -3.90. The van der Waals surface area contributed by atoms with Crippen molar-refractivity contribution < 1.29 is 22.3 Å². The van der Waals surface area contributed by atoms with Gasteiger partial charge >= 0.3 is 0 Å². The van der Waals surface area contributed by atoms with Crippen LogP contribution in [0.5, 0.6) is 0 Å².